The molecule has 39 heavy (non-hydrogen) atoms. The molecule has 0 bridgehead atoms. The maximum absolute atomic E-state index is 15.0. The fourth-order valence-electron chi connectivity index (χ4n) is 6.69. The molecule has 5 rings (SSSR count). The maximum Gasteiger partial charge on any atom is 0.309 e. The minimum atomic E-state index is -0.247. The van der Waals surface area contributed by atoms with Crippen molar-refractivity contribution < 1.29 is 23.4 Å². The largest absolute Gasteiger partial charge is 0.489 e. The smallest absolute Gasteiger partial charge is 0.309 e. The summed E-state index contributed by atoms with van der Waals surface area (Å²) < 4.78 is 32.4. The highest BCUT2D eigenvalue weighted by Gasteiger charge is 2.55. The zero-order valence-corrected chi connectivity index (χ0v) is 23.9. The summed E-state index contributed by atoms with van der Waals surface area (Å²) in [6, 6.07) is 17.6. The van der Waals surface area contributed by atoms with E-state index in [-0.39, 0.29) is 34.6 Å². The molecular formula is C34H39FO4. The molecule has 2 aliphatic rings. The van der Waals surface area contributed by atoms with Gasteiger partial charge in [0.15, 0.2) is 0 Å². The van der Waals surface area contributed by atoms with Crippen molar-refractivity contribution in [2.24, 2.45) is 11.3 Å². The first-order chi connectivity index (χ1) is 18.6. The molecule has 0 unspecified atom stereocenters. The molecule has 3 atom stereocenters. The van der Waals surface area contributed by atoms with Gasteiger partial charge in [0.25, 0.3) is 0 Å². The lowest BCUT2D eigenvalue weighted by Crippen LogP contribution is -2.47. The lowest BCUT2D eigenvalue weighted by Gasteiger charge is -2.46. The van der Waals surface area contributed by atoms with Gasteiger partial charge in [0.1, 0.15) is 18.2 Å². The molecule has 0 aromatic heterocycles. The molecule has 0 N–H and O–H groups in total. The topological polar surface area (TPSA) is 44.8 Å². The van der Waals surface area contributed by atoms with Crippen LogP contribution in [0.15, 0.2) is 54.6 Å². The average molecular weight is 531 g/mol. The summed E-state index contributed by atoms with van der Waals surface area (Å²) >= 11 is 0. The highest BCUT2D eigenvalue weighted by atomic mass is 19.1. The van der Waals surface area contributed by atoms with Crippen LogP contribution in [0.1, 0.15) is 74.0 Å². The van der Waals surface area contributed by atoms with Crippen molar-refractivity contribution in [1.29, 1.82) is 0 Å². The molecule has 3 aromatic rings. The van der Waals surface area contributed by atoms with Crippen LogP contribution in [0, 0.1) is 24.1 Å². The molecule has 1 spiro atoms. The van der Waals surface area contributed by atoms with Gasteiger partial charge in [0.2, 0.25) is 0 Å². The van der Waals surface area contributed by atoms with Gasteiger partial charge < -0.3 is 14.2 Å². The van der Waals surface area contributed by atoms with E-state index in [0.29, 0.717) is 12.2 Å². The van der Waals surface area contributed by atoms with Crippen molar-refractivity contribution in [2.45, 2.75) is 71.5 Å². The van der Waals surface area contributed by atoms with Crippen LogP contribution in [0.4, 0.5) is 4.39 Å². The Kier molecular flexibility index (Phi) is 7.32. The third-order valence-corrected chi connectivity index (χ3v) is 8.73. The summed E-state index contributed by atoms with van der Waals surface area (Å²) in [7, 11) is 3.18. The summed E-state index contributed by atoms with van der Waals surface area (Å²) in [6.07, 6.45) is 3.61. The van der Waals surface area contributed by atoms with Crippen molar-refractivity contribution in [3.8, 4) is 16.9 Å². The number of fused-ring (bicyclic) bond motifs is 2. The highest BCUT2D eigenvalue weighted by molar-refractivity contribution is 5.77. The molecule has 206 valence electrons. The number of benzene rings is 3. The van der Waals surface area contributed by atoms with Crippen molar-refractivity contribution in [2.75, 3.05) is 14.2 Å². The Morgan fingerprint density at radius 1 is 1.03 bits per heavy atom. The van der Waals surface area contributed by atoms with Crippen LogP contribution >= 0.6 is 0 Å². The molecule has 0 saturated heterocycles. The summed E-state index contributed by atoms with van der Waals surface area (Å²) in [4.78, 5) is 12.4. The van der Waals surface area contributed by atoms with E-state index in [4.69, 9.17) is 14.2 Å². The van der Waals surface area contributed by atoms with Gasteiger partial charge in [-0.2, -0.15) is 0 Å². The molecule has 0 heterocycles. The van der Waals surface area contributed by atoms with E-state index in [1.54, 1.807) is 13.2 Å². The number of carbonyl (C=O) groups is 1. The Labute approximate surface area is 231 Å². The number of halogens is 1. The van der Waals surface area contributed by atoms with Gasteiger partial charge >= 0.3 is 5.97 Å². The first-order valence-electron chi connectivity index (χ1n) is 13.8. The van der Waals surface area contributed by atoms with E-state index in [1.165, 1.54) is 24.3 Å². The second-order valence-corrected chi connectivity index (χ2v) is 12.3. The summed E-state index contributed by atoms with van der Waals surface area (Å²) in [5, 5.41) is 0. The lowest BCUT2D eigenvalue weighted by atomic mass is 9.57. The minimum Gasteiger partial charge on any atom is -0.489 e. The zero-order chi connectivity index (χ0) is 27.9. The molecule has 5 heteroatoms. The standard InChI is InChI=1S/C34H39FO4/c1-21-7-12-30(35)26(17-21)25-11-8-22(18-27(25)31(37-5)33(2,3)4)20-39-24-10-9-23-13-15-34(29(23)19-24)16-14-28(34)32(36)38-6/h7-12,17-19,28,31H,13-16,20H2,1-6H3/t28-,31-,34+/m0/s1. The van der Waals surface area contributed by atoms with Gasteiger partial charge in [0, 0.05) is 18.1 Å². The number of rotatable bonds is 7. The van der Waals surface area contributed by atoms with Gasteiger partial charge in [0.05, 0.1) is 19.1 Å². The lowest BCUT2D eigenvalue weighted by molar-refractivity contribution is -0.153. The van der Waals surface area contributed by atoms with Crippen molar-refractivity contribution in [1.82, 2.24) is 0 Å². The number of ether oxygens (including phenoxy) is 3. The number of hydrogen-bond acceptors (Lipinski definition) is 4. The predicted molar refractivity (Wildman–Crippen MR) is 151 cm³/mol. The molecule has 1 saturated carbocycles. The third-order valence-electron chi connectivity index (χ3n) is 8.73. The first kappa shape index (κ1) is 27.4. The van der Waals surface area contributed by atoms with Crippen LogP contribution in [0.3, 0.4) is 0 Å². The van der Waals surface area contributed by atoms with Gasteiger partial charge in [-0.05, 0) is 96.2 Å². The molecule has 4 nitrogen and oxygen atoms in total. The van der Waals surface area contributed by atoms with Crippen LogP contribution < -0.4 is 4.74 Å². The quantitative estimate of drug-likeness (QED) is 0.292. The number of aryl methyl sites for hydroxylation is 2. The first-order valence-corrected chi connectivity index (χ1v) is 13.8. The number of hydrogen-bond donors (Lipinski definition) is 0. The Morgan fingerprint density at radius 2 is 1.82 bits per heavy atom. The minimum absolute atomic E-state index is 0.0699. The van der Waals surface area contributed by atoms with E-state index in [1.807, 2.05) is 31.2 Å². The molecule has 1 fully saturated rings. The fourth-order valence-corrected chi connectivity index (χ4v) is 6.69. The maximum atomic E-state index is 15.0. The predicted octanol–water partition coefficient (Wildman–Crippen LogP) is 7.88. The fraction of sp³-hybridized carbons (Fsp3) is 0.441. The van der Waals surface area contributed by atoms with Crippen LogP contribution in [-0.2, 0) is 32.7 Å². The Morgan fingerprint density at radius 3 is 2.49 bits per heavy atom. The summed E-state index contributed by atoms with van der Waals surface area (Å²) in [5.74, 6) is 0.368. The number of esters is 1. The van der Waals surface area contributed by atoms with E-state index >= 15 is 0 Å². The Balaban J connectivity index is 1.44. The Bertz CT molecular complexity index is 1390. The molecule has 0 aliphatic heterocycles. The molecule has 2 aliphatic carbocycles. The molecule has 0 amide bonds. The number of methoxy groups -OCH3 is 2. The summed E-state index contributed by atoms with van der Waals surface area (Å²) in [5.41, 5.74) is 6.57. The van der Waals surface area contributed by atoms with E-state index in [0.717, 1.165) is 53.7 Å². The van der Waals surface area contributed by atoms with Gasteiger partial charge in [-0.15, -0.1) is 0 Å². The van der Waals surface area contributed by atoms with Gasteiger partial charge in [-0.25, -0.2) is 4.39 Å². The third kappa shape index (κ3) is 4.98. The van der Waals surface area contributed by atoms with E-state index < -0.39 is 0 Å². The van der Waals surface area contributed by atoms with Gasteiger partial charge in [-0.1, -0.05) is 50.6 Å². The zero-order valence-electron chi connectivity index (χ0n) is 23.9. The highest BCUT2D eigenvalue weighted by Crippen LogP contribution is 2.57. The normalized spacial score (nSPS) is 20.8. The molecular weight excluding hydrogens is 491 g/mol. The van der Waals surface area contributed by atoms with Crippen LogP contribution in [-0.4, -0.2) is 20.2 Å². The second-order valence-electron chi connectivity index (χ2n) is 12.3. The van der Waals surface area contributed by atoms with Crippen LogP contribution in [0.25, 0.3) is 11.1 Å². The number of carbonyl (C=O) groups excluding carboxylic acids is 1. The Hall–Kier alpha value is -3.18. The SMILES string of the molecule is COC(=O)[C@@H]1CC[C@]12CCc1ccc(OCc3ccc(-c4cc(C)ccc4F)c([C@H](OC)C(C)(C)C)c3)cc12. The van der Waals surface area contributed by atoms with Crippen molar-refractivity contribution >= 4 is 5.97 Å². The monoisotopic (exact) mass is 530 g/mol. The average Bonchev–Trinajstić information content (AvgIpc) is 3.29. The van der Waals surface area contributed by atoms with Crippen molar-refractivity contribution in [3.05, 3.63) is 88.2 Å². The van der Waals surface area contributed by atoms with E-state index in [9.17, 15) is 9.18 Å². The van der Waals surface area contributed by atoms with Crippen molar-refractivity contribution in [3.63, 3.8) is 0 Å². The van der Waals surface area contributed by atoms with Crippen LogP contribution in [0.2, 0.25) is 0 Å². The molecule has 3 aromatic carbocycles. The molecule has 0 radical (unpaired) electrons. The second kappa shape index (κ2) is 10.4. The van der Waals surface area contributed by atoms with Crippen LogP contribution in [0.5, 0.6) is 5.75 Å². The summed E-state index contributed by atoms with van der Waals surface area (Å²) in [6.45, 7) is 8.73. The van der Waals surface area contributed by atoms with Gasteiger partial charge in [-0.3, -0.25) is 4.79 Å². The van der Waals surface area contributed by atoms with E-state index in [2.05, 4.69) is 39.0 Å².